The van der Waals surface area contributed by atoms with Crippen LogP contribution in [0.25, 0.3) is 0 Å². The van der Waals surface area contributed by atoms with Crippen molar-refractivity contribution in [3.05, 3.63) is 11.9 Å². The summed E-state index contributed by atoms with van der Waals surface area (Å²) in [6, 6.07) is 0. The number of nitrogens with two attached hydrogens (primary N) is 2. The summed E-state index contributed by atoms with van der Waals surface area (Å²) in [5, 5.41) is 0. The monoisotopic (exact) mass is 199 g/mol. The van der Waals surface area contributed by atoms with Crippen LogP contribution in [0.2, 0.25) is 0 Å². The highest BCUT2D eigenvalue weighted by atomic mass is 16.6. The Bertz CT molecular complexity index is 251. The Morgan fingerprint density at radius 1 is 1.50 bits per heavy atom. The first-order chi connectivity index (χ1) is 6.35. The van der Waals surface area contributed by atoms with E-state index in [4.69, 9.17) is 16.2 Å². The van der Waals surface area contributed by atoms with Crippen molar-refractivity contribution in [1.29, 1.82) is 0 Å². The second kappa shape index (κ2) is 5.26. The van der Waals surface area contributed by atoms with Crippen molar-refractivity contribution < 1.29 is 9.53 Å². The second-order valence-electron chi connectivity index (χ2n) is 3.72. The molecule has 0 radical (unpaired) electrons. The van der Waals surface area contributed by atoms with E-state index in [1.165, 1.54) is 12.4 Å². The third-order valence-corrected chi connectivity index (χ3v) is 1.07. The lowest BCUT2D eigenvalue weighted by Gasteiger charge is -2.18. The van der Waals surface area contributed by atoms with Gasteiger partial charge < -0.3 is 16.2 Å². The molecule has 5 heteroatoms. The van der Waals surface area contributed by atoms with Gasteiger partial charge in [0.15, 0.2) is 0 Å². The molecule has 0 aliphatic rings. The molecule has 0 atom stereocenters. The van der Waals surface area contributed by atoms with Gasteiger partial charge in [0, 0.05) is 12.4 Å². The lowest BCUT2D eigenvalue weighted by atomic mass is 10.2. The molecule has 0 bridgehead atoms. The molecule has 0 saturated heterocycles. The van der Waals surface area contributed by atoms with Gasteiger partial charge in [-0.15, -0.1) is 0 Å². The molecule has 0 aromatic rings. The molecule has 5 nitrogen and oxygen atoms in total. The lowest BCUT2D eigenvalue weighted by molar-refractivity contribution is -0.152. The van der Waals surface area contributed by atoms with Crippen LogP contribution in [-0.2, 0) is 9.53 Å². The van der Waals surface area contributed by atoms with Gasteiger partial charge in [-0.3, -0.25) is 9.79 Å². The first kappa shape index (κ1) is 12.5. The van der Waals surface area contributed by atoms with Gasteiger partial charge in [0.1, 0.15) is 12.1 Å². The minimum absolute atomic E-state index is 0.0498. The van der Waals surface area contributed by atoms with E-state index >= 15 is 0 Å². The average molecular weight is 199 g/mol. The quantitative estimate of drug-likeness (QED) is 0.500. The number of nitrogens with zero attached hydrogens (tertiary/aromatic N) is 1. The van der Waals surface area contributed by atoms with Crippen LogP contribution in [0.5, 0.6) is 0 Å². The number of ether oxygens (including phenoxy) is 1. The van der Waals surface area contributed by atoms with E-state index in [2.05, 4.69) is 4.99 Å². The molecule has 0 unspecified atom stereocenters. The molecule has 0 aliphatic heterocycles. The zero-order chi connectivity index (χ0) is 11.2. The van der Waals surface area contributed by atoms with Crippen LogP contribution in [0.1, 0.15) is 20.8 Å². The Morgan fingerprint density at radius 2 is 2.07 bits per heavy atom. The lowest BCUT2D eigenvalue weighted by Crippen LogP contribution is -2.25. The summed E-state index contributed by atoms with van der Waals surface area (Å²) in [6.07, 6.45) is 2.53. The van der Waals surface area contributed by atoms with E-state index in [1.54, 1.807) is 20.8 Å². The Labute approximate surface area is 83.8 Å². The molecule has 80 valence electrons. The number of hydrogen-bond donors (Lipinski definition) is 2. The van der Waals surface area contributed by atoms with Crippen LogP contribution in [0.15, 0.2) is 16.9 Å². The van der Waals surface area contributed by atoms with Gasteiger partial charge in [-0.05, 0) is 20.8 Å². The summed E-state index contributed by atoms with van der Waals surface area (Å²) in [5.74, 6) is -0.390. The van der Waals surface area contributed by atoms with Gasteiger partial charge in [0.25, 0.3) is 0 Å². The van der Waals surface area contributed by atoms with E-state index in [0.29, 0.717) is 5.70 Å². The number of carbonyl (C=O) groups is 1. The van der Waals surface area contributed by atoms with E-state index in [0.717, 1.165) is 0 Å². The number of carbonyl (C=O) groups excluding carboxylic acids is 1. The molecule has 0 aliphatic carbocycles. The van der Waals surface area contributed by atoms with Crippen molar-refractivity contribution >= 4 is 12.2 Å². The maximum Gasteiger partial charge on any atom is 0.328 e. The fraction of sp³-hybridized carbons (Fsp3) is 0.556. The van der Waals surface area contributed by atoms with Crippen LogP contribution < -0.4 is 11.5 Å². The number of aliphatic imine (C=N–C) groups is 1. The fourth-order valence-electron chi connectivity index (χ4n) is 0.642. The van der Waals surface area contributed by atoms with Crippen molar-refractivity contribution in [2.75, 3.05) is 6.54 Å². The molecular formula is C9H17N3O2. The van der Waals surface area contributed by atoms with Crippen molar-refractivity contribution in [3.8, 4) is 0 Å². The molecule has 0 spiro atoms. The van der Waals surface area contributed by atoms with E-state index in [9.17, 15) is 4.79 Å². The zero-order valence-corrected chi connectivity index (χ0v) is 8.78. The van der Waals surface area contributed by atoms with Crippen LogP contribution in [0, 0.1) is 0 Å². The molecule has 0 fully saturated rings. The highest BCUT2D eigenvalue weighted by molar-refractivity contribution is 5.80. The van der Waals surface area contributed by atoms with Crippen LogP contribution in [0.4, 0.5) is 0 Å². The van der Waals surface area contributed by atoms with Crippen LogP contribution >= 0.6 is 0 Å². The molecule has 0 amide bonds. The van der Waals surface area contributed by atoms with Gasteiger partial charge >= 0.3 is 5.97 Å². The molecule has 0 aromatic carbocycles. The SMILES string of the molecule is CC(C)(C)OC(=O)CN=C/C(N)=C\N. The Hall–Kier alpha value is -1.52. The minimum atomic E-state index is -0.484. The number of esters is 1. The average Bonchev–Trinajstić information content (AvgIpc) is 2.00. The Kier molecular flexibility index (Phi) is 4.69. The Balaban J connectivity index is 3.92. The van der Waals surface area contributed by atoms with E-state index in [1.807, 2.05) is 0 Å². The molecule has 0 saturated carbocycles. The highest BCUT2D eigenvalue weighted by Gasteiger charge is 2.14. The van der Waals surface area contributed by atoms with Crippen molar-refractivity contribution in [2.45, 2.75) is 26.4 Å². The van der Waals surface area contributed by atoms with Crippen LogP contribution in [0.3, 0.4) is 0 Å². The zero-order valence-electron chi connectivity index (χ0n) is 8.78. The van der Waals surface area contributed by atoms with Gasteiger partial charge in [-0.25, -0.2) is 0 Å². The topological polar surface area (TPSA) is 90.7 Å². The summed E-state index contributed by atoms with van der Waals surface area (Å²) in [5.41, 5.74) is 10.2. The first-order valence-corrected chi connectivity index (χ1v) is 4.24. The van der Waals surface area contributed by atoms with Crippen molar-refractivity contribution in [2.24, 2.45) is 16.5 Å². The summed E-state index contributed by atoms with van der Waals surface area (Å²) < 4.78 is 5.01. The number of allylic oxidation sites excluding steroid dienone is 1. The molecule has 0 heterocycles. The van der Waals surface area contributed by atoms with Crippen molar-refractivity contribution in [1.82, 2.24) is 0 Å². The van der Waals surface area contributed by atoms with E-state index < -0.39 is 11.6 Å². The van der Waals surface area contributed by atoms with Gasteiger partial charge in [0.2, 0.25) is 0 Å². The second-order valence-corrected chi connectivity index (χ2v) is 3.72. The summed E-state index contributed by atoms with van der Waals surface area (Å²) >= 11 is 0. The Morgan fingerprint density at radius 3 is 2.50 bits per heavy atom. The highest BCUT2D eigenvalue weighted by Crippen LogP contribution is 2.06. The normalized spacial score (nSPS) is 13.2. The van der Waals surface area contributed by atoms with E-state index in [-0.39, 0.29) is 6.54 Å². The maximum absolute atomic E-state index is 11.1. The fourth-order valence-corrected chi connectivity index (χ4v) is 0.642. The molecule has 14 heavy (non-hydrogen) atoms. The minimum Gasteiger partial charge on any atom is -0.459 e. The predicted octanol–water partition coefficient (Wildman–Crippen LogP) is 0.158. The molecular weight excluding hydrogens is 182 g/mol. The smallest absolute Gasteiger partial charge is 0.328 e. The summed E-state index contributed by atoms with van der Waals surface area (Å²) in [6.45, 7) is 5.33. The van der Waals surface area contributed by atoms with Crippen LogP contribution in [-0.4, -0.2) is 24.3 Å². The first-order valence-electron chi connectivity index (χ1n) is 4.24. The van der Waals surface area contributed by atoms with Gasteiger partial charge in [-0.1, -0.05) is 0 Å². The third-order valence-electron chi connectivity index (χ3n) is 1.07. The third kappa shape index (κ3) is 7.15. The maximum atomic E-state index is 11.1. The molecule has 0 aromatic heterocycles. The molecule has 0 rings (SSSR count). The summed E-state index contributed by atoms with van der Waals surface area (Å²) in [4.78, 5) is 14.9. The van der Waals surface area contributed by atoms with Gasteiger partial charge in [0.05, 0.1) is 5.70 Å². The number of hydrogen-bond acceptors (Lipinski definition) is 5. The number of rotatable bonds is 3. The largest absolute Gasteiger partial charge is 0.459 e. The summed E-state index contributed by atoms with van der Waals surface area (Å²) in [7, 11) is 0. The van der Waals surface area contributed by atoms with Gasteiger partial charge in [-0.2, -0.15) is 0 Å². The predicted molar refractivity (Wildman–Crippen MR) is 55.7 cm³/mol. The molecule has 4 N–H and O–H groups in total. The van der Waals surface area contributed by atoms with Crippen molar-refractivity contribution in [3.63, 3.8) is 0 Å². The standard InChI is InChI=1S/C9H17N3O2/c1-9(2,3)14-8(13)6-12-5-7(11)4-10/h4-5H,6,10-11H2,1-3H3/b7-4+,12-5?.